The van der Waals surface area contributed by atoms with E-state index in [1.165, 1.54) is 0 Å². The average molecular weight is 300 g/mol. The van der Waals surface area contributed by atoms with E-state index >= 15 is 0 Å². The number of fused-ring (bicyclic) bond motifs is 1. The Labute approximate surface area is 130 Å². The summed E-state index contributed by atoms with van der Waals surface area (Å²) >= 11 is 0. The second kappa shape index (κ2) is 7.18. The first-order valence-corrected chi connectivity index (χ1v) is 7.57. The van der Waals surface area contributed by atoms with Crippen LogP contribution in [-0.2, 0) is 13.0 Å². The third kappa shape index (κ3) is 3.52. The summed E-state index contributed by atoms with van der Waals surface area (Å²) < 4.78 is 17.2. The van der Waals surface area contributed by atoms with Gasteiger partial charge in [-0.25, -0.2) is 0 Å². The molecule has 0 radical (unpaired) electrons. The summed E-state index contributed by atoms with van der Waals surface area (Å²) in [6.07, 6.45) is 1.95. The van der Waals surface area contributed by atoms with Crippen LogP contribution in [0.5, 0.6) is 17.2 Å². The van der Waals surface area contributed by atoms with E-state index in [0.717, 1.165) is 29.7 Å². The number of rotatable bonds is 6. The Morgan fingerprint density at radius 2 is 1.95 bits per heavy atom. The van der Waals surface area contributed by atoms with Gasteiger partial charge in [0.05, 0.1) is 13.2 Å². The van der Waals surface area contributed by atoms with Crippen LogP contribution >= 0.6 is 0 Å². The Hall–Kier alpha value is -2.20. The van der Waals surface area contributed by atoms with E-state index in [4.69, 9.17) is 19.3 Å². The number of hydrogen-bond acceptors (Lipinski definition) is 4. The van der Waals surface area contributed by atoms with E-state index in [9.17, 15) is 0 Å². The minimum atomic E-state index is -0.00616. The van der Waals surface area contributed by atoms with Crippen LogP contribution in [0.4, 0.5) is 0 Å². The Balaban J connectivity index is 1.81. The van der Waals surface area contributed by atoms with Crippen molar-refractivity contribution >= 4 is 0 Å². The molecule has 0 aromatic heterocycles. The maximum Gasteiger partial charge on any atom is 0.165 e. The van der Waals surface area contributed by atoms with Gasteiger partial charge in [0.15, 0.2) is 11.5 Å². The first kappa shape index (κ1) is 14.7. The molecule has 4 heteroatoms. The lowest BCUT2D eigenvalue weighted by Crippen LogP contribution is -2.11. The van der Waals surface area contributed by atoms with Gasteiger partial charge >= 0.3 is 0 Å². The van der Waals surface area contributed by atoms with E-state index in [0.29, 0.717) is 24.7 Å². The fourth-order valence-electron chi connectivity index (χ4n) is 2.51. The van der Waals surface area contributed by atoms with E-state index in [2.05, 4.69) is 0 Å². The van der Waals surface area contributed by atoms with Crippen LogP contribution in [0.1, 0.15) is 17.5 Å². The number of aliphatic hydroxyl groups excluding tert-OH is 1. The van der Waals surface area contributed by atoms with Crippen molar-refractivity contribution in [1.29, 1.82) is 0 Å². The minimum Gasteiger partial charge on any atom is -0.491 e. The quantitative estimate of drug-likeness (QED) is 0.891. The van der Waals surface area contributed by atoms with Crippen LogP contribution in [0.2, 0.25) is 0 Å². The molecule has 1 N–H and O–H groups in total. The van der Waals surface area contributed by atoms with Gasteiger partial charge in [0.25, 0.3) is 0 Å². The van der Waals surface area contributed by atoms with Crippen molar-refractivity contribution in [2.75, 3.05) is 19.8 Å². The first-order chi connectivity index (χ1) is 10.9. The molecule has 1 heterocycles. The number of benzene rings is 2. The van der Waals surface area contributed by atoms with Crippen LogP contribution in [0, 0.1) is 0 Å². The molecule has 1 aliphatic rings. The van der Waals surface area contributed by atoms with Crippen LogP contribution in [-0.4, -0.2) is 24.9 Å². The van der Waals surface area contributed by atoms with Gasteiger partial charge in [-0.2, -0.15) is 0 Å². The molecule has 0 saturated carbocycles. The molecule has 0 fully saturated rings. The van der Waals surface area contributed by atoms with E-state index in [1.54, 1.807) is 0 Å². The molecule has 0 atom stereocenters. The number of aliphatic hydroxyl groups is 1. The molecule has 2 aromatic carbocycles. The van der Waals surface area contributed by atoms with Crippen molar-refractivity contribution in [3.63, 3.8) is 0 Å². The predicted octanol–water partition coefficient (Wildman–Crippen LogP) is 2.96. The molecule has 0 aliphatic carbocycles. The van der Waals surface area contributed by atoms with E-state index in [-0.39, 0.29) is 13.2 Å². The van der Waals surface area contributed by atoms with Gasteiger partial charge in [-0.1, -0.05) is 30.3 Å². The highest BCUT2D eigenvalue weighted by molar-refractivity contribution is 5.52. The van der Waals surface area contributed by atoms with Gasteiger partial charge in [-0.15, -0.1) is 0 Å². The standard InChI is InChI=1S/C18H20O4/c19-8-10-20-16-11-15-7-4-9-21-18(15)17(12-16)22-13-14-5-2-1-3-6-14/h1-3,5-6,11-12,19H,4,7-10,13H2. The maximum absolute atomic E-state index is 8.91. The summed E-state index contributed by atoms with van der Waals surface area (Å²) in [6, 6.07) is 13.8. The molecule has 4 nitrogen and oxygen atoms in total. The molecule has 0 amide bonds. The molecule has 0 bridgehead atoms. The van der Waals surface area contributed by atoms with Crippen molar-refractivity contribution in [3.05, 3.63) is 53.6 Å². The monoisotopic (exact) mass is 300 g/mol. The Bertz CT molecular complexity index is 610. The molecule has 0 unspecified atom stereocenters. The zero-order valence-electron chi connectivity index (χ0n) is 12.5. The molecule has 2 aromatic rings. The summed E-state index contributed by atoms with van der Waals surface area (Å²) in [7, 11) is 0. The fourth-order valence-corrected chi connectivity index (χ4v) is 2.51. The van der Waals surface area contributed by atoms with Crippen molar-refractivity contribution < 1.29 is 19.3 Å². The van der Waals surface area contributed by atoms with Gasteiger partial charge in [-0.05, 0) is 24.5 Å². The molecule has 1 aliphatic heterocycles. The highest BCUT2D eigenvalue weighted by Crippen LogP contribution is 2.39. The third-order valence-electron chi connectivity index (χ3n) is 3.54. The van der Waals surface area contributed by atoms with Crippen molar-refractivity contribution in [1.82, 2.24) is 0 Å². The summed E-state index contributed by atoms with van der Waals surface area (Å²) in [5.74, 6) is 2.23. The highest BCUT2D eigenvalue weighted by atomic mass is 16.5. The molecule has 0 spiro atoms. The summed E-state index contributed by atoms with van der Waals surface area (Å²) in [5, 5.41) is 8.91. The SMILES string of the molecule is OCCOc1cc2c(c(OCc3ccccc3)c1)OCCC2. The molecule has 116 valence electrons. The Kier molecular flexibility index (Phi) is 4.81. The predicted molar refractivity (Wildman–Crippen MR) is 83.6 cm³/mol. The van der Waals surface area contributed by atoms with E-state index in [1.807, 2.05) is 42.5 Å². The fraction of sp³-hybridized carbons (Fsp3) is 0.333. The zero-order chi connectivity index (χ0) is 15.2. The zero-order valence-corrected chi connectivity index (χ0v) is 12.5. The minimum absolute atomic E-state index is 0.00616. The molecular formula is C18H20O4. The third-order valence-corrected chi connectivity index (χ3v) is 3.54. The van der Waals surface area contributed by atoms with Crippen molar-refractivity contribution in [3.8, 4) is 17.2 Å². The molecule has 0 saturated heterocycles. The number of hydrogen-bond donors (Lipinski definition) is 1. The highest BCUT2D eigenvalue weighted by Gasteiger charge is 2.18. The molecule has 3 rings (SSSR count). The van der Waals surface area contributed by atoms with Crippen molar-refractivity contribution in [2.45, 2.75) is 19.4 Å². The lowest BCUT2D eigenvalue weighted by atomic mass is 10.1. The normalized spacial score (nSPS) is 13.1. The largest absolute Gasteiger partial charge is 0.491 e. The smallest absolute Gasteiger partial charge is 0.165 e. The summed E-state index contributed by atoms with van der Waals surface area (Å²) in [4.78, 5) is 0. The summed E-state index contributed by atoms with van der Waals surface area (Å²) in [6.45, 7) is 1.47. The number of aryl methyl sites for hydroxylation is 1. The van der Waals surface area contributed by atoms with Crippen LogP contribution in [0.3, 0.4) is 0 Å². The number of ether oxygens (including phenoxy) is 3. The Morgan fingerprint density at radius 1 is 1.09 bits per heavy atom. The van der Waals surface area contributed by atoms with Gasteiger partial charge < -0.3 is 19.3 Å². The maximum atomic E-state index is 8.91. The topological polar surface area (TPSA) is 47.9 Å². The van der Waals surface area contributed by atoms with Gasteiger partial charge in [0.2, 0.25) is 0 Å². The first-order valence-electron chi connectivity index (χ1n) is 7.57. The van der Waals surface area contributed by atoms with Gasteiger partial charge in [-0.3, -0.25) is 0 Å². The van der Waals surface area contributed by atoms with Crippen LogP contribution < -0.4 is 14.2 Å². The average Bonchev–Trinajstić information content (AvgIpc) is 2.58. The van der Waals surface area contributed by atoms with Crippen molar-refractivity contribution in [2.24, 2.45) is 0 Å². The van der Waals surface area contributed by atoms with Crippen LogP contribution in [0.15, 0.2) is 42.5 Å². The summed E-state index contributed by atoms with van der Waals surface area (Å²) in [5.41, 5.74) is 2.21. The second-order valence-electron chi connectivity index (χ2n) is 5.21. The molecular weight excluding hydrogens is 280 g/mol. The second-order valence-corrected chi connectivity index (χ2v) is 5.21. The Morgan fingerprint density at radius 3 is 2.77 bits per heavy atom. The van der Waals surface area contributed by atoms with E-state index < -0.39 is 0 Å². The molecule has 22 heavy (non-hydrogen) atoms. The van der Waals surface area contributed by atoms with Gasteiger partial charge in [0.1, 0.15) is 19.0 Å². The lowest BCUT2D eigenvalue weighted by molar-refractivity contribution is 0.198. The van der Waals surface area contributed by atoms with Gasteiger partial charge in [0, 0.05) is 11.6 Å². The lowest BCUT2D eigenvalue weighted by Gasteiger charge is -2.22. The van der Waals surface area contributed by atoms with Crippen LogP contribution in [0.25, 0.3) is 0 Å².